The minimum absolute atomic E-state index is 0.284. The van der Waals surface area contributed by atoms with Crippen molar-refractivity contribution < 1.29 is 0 Å². The van der Waals surface area contributed by atoms with E-state index in [0.29, 0.717) is 6.04 Å². The summed E-state index contributed by atoms with van der Waals surface area (Å²) in [6.45, 7) is 4.33. The smallest absolute Gasteiger partial charge is 0.103 e. The van der Waals surface area contributed by atoms with E-state index in [1.54, 1.807) is 0 Å². The van der Waals surface area contributed by atoms with Gasteiger partial charge in [0.2, 0.25) is 0 Å². The SMILES string of the molecule is CC1Cc2c(nnn2-c2ccccc2)C(C)N1. The van der Waals surface area contributed by atoms with Crippen LogP contribution in [0.15, 0.2) is 30.3 Å². The van der Waals surface area contributed by atoms with E-state index < -0.39 is 0 Å². The third-order valence-electron chi connectivity index (χ3n) is 3.24. The van der Waals surface area contributed by atoms with Crippen LogP contribution < -0.4 is 5.32 Å². The minimum Gasteiger partial charge on any atom is -0.306 e. The minimum atomic E-state index is 0.284. The summed E-state index contributed by atoms with van der Waals surface area (Å²) in [6, 6.07) is 10.9. The van der Waals surface area contributed by atoms with Gasteiger partial charge in [0.05, 0.1) is 17.4 Å². The van der Waals surface area contributed by atoms with Crippen LogP contribution in [0.1, 0.15) is 31.3 Å². The second kappa shape index (κ2) is 3.96. The maximum absolute atomic E-state index is 4.30. The molecule has 0 fully saturated rings. The molecule has 3 rings (SSSR count). The molecular formula is C13H16N4. The molecule has 2 heterocycles. The third-order valence-corrected chi connectivity index (χ3v) is 3.24. The van der Waals surface area contributed by atoms with E-state index in [0.717, 1.165) is 17.8 Å². The van der Waals surface area contributed by atoms with Gasteiger partial charge in [-0.25, -0.2) is 4.68 Å². The summed E-state index contributed by atoms with van der Waals surface area (Å²) < 4.78 is 1.96. The summed E-state index contributed by atoms with van der Waals surface area (Å²) >= 11 is 0. The van der Waals surface area contributed by atoms with Gasteiger partial charge in [0, 0.05) is 12.5 Å². The standard InChI is InChI=1S/C13H16N4/c1-9-8-12-13(10(2)14-9)15-16-17(12)11-6-4-3-5-7-11/h3-7,9-10,14H,8H2,1-2H3. The second-order valence-corrected chi connectivity index (χ2v) is 4.66. The van der Waals surface area contributed by atoms with Gasteiger partial charge in [0.25, 0.3) is 0 Å². The predicted octanol–water partition coefficient (Wildman–Crippen LogP) is 1.86. The van der Waals surface area contributed by atoms with Gasteiger partial charge in [-0.1, -0.05) is 23.4 Å². The summed E-state index contributed by atoms with van der Waals surface area (Å²) in [5.74, 6) is 0. The second-order valence-electron chi connectivity index (χ2n) is 4.66. The normalized spacial score (nSPS) is 23.4. The number of hydrogen-bond acceptors (Lipinski definition) is 3. The van der Waals surface area contributed by atoms with Crippen molar-refractivity contribution in [3.8, 4) is 5.69 Å². The molecule has 2 aromatic rings. The molecule has 1 aliphatic rings. The highest BCUT2D eigenvalue weighted by Crippen LogP contribution is 2.24. The number of nitrogens with one attached hydrogen (secondary N) is 1. The lowest BCUT2D eigenvalue weighted by Gasteiger charge is -2.25. The molecule has 0 amide bonds. The van der Waals surface area contributed by atoms with E-state index in [1.807, 2.05) is 22.9 Å². The van der Waals surface area contributed by atoms with Crippen LogP contribution in [0, 0.1) is 0 Å². The predicted molar refractivity (Wildman–Crippen MR) is 66.1 cm³/mol. The molecule has 1 aromatic heterocycles. The Morgan fingerprint density at radius 2 is 2.00 bits per heavy atom. The molecule has 2 unspecified atom stereocenters. The Morgan fingerprint density at radius 3 is 2.76 bits per heavy atom. The van der Waals surface area contributed by atoms with E-state index in [1.165, 1.54) is 5.69 Å². The molecule has 1 aromatic carbocycles. The summed E-state index contributed by atoms with van der Waals surface area (Å²) in [4.78, 5) is 0. The summed E-state index contributed by atoms with van der Waals surface area (Å²) in [7, 11) is 0. The number of fused-ring (bicyclic) bond motifs is 1. The molecule has 0 radical (unpaired) electrons. The number of nitrogens with zero attached hydrogens (tertiary/aromatic N) is 3. The summed E-state index contributed by atoms with van der Waals surface area (Å²) in [6.07, 6.45) is 0.974. The van der Waals surface area contributed by atoms with Crippen LogP contribution in [0.2, 0.25) is 0 Å². The van der Waals surface area contributed by atoms with Crippen LogP contribution in [-0.2, 0) is 6.42 Å². The average Bonchev–Trinajstić information content (AvgIpc) is 2.74. The number of rotatable bonds is 1. The number of benzene rings is 1. The Hall–Kier alpha value is -1.68. The van der Waals surface area contributed by atoms with Crippen molar-refractivity contribution in [1.29, 1.82) is 0 Å². The topological polar surface area (TPSA) is 42.7 Å². The number of aromatic nitrogens is 3. The van der Waals surface area contributed by atoms with Gasteiger partial charge in [0.15, 0.2) is 0 Å². The van der Waals surface area contributed by atoms with Crippen LogP contribution >= 0.6 is 0 Å². The van der Waals surface area contributed by atoms with E-state index in [9.17, 15) is 0 Å². The lowest BCUT2D eigenvalue weighted by atomic mass is 10.0. The van der Waals surface area contributed by atoms with Crippen molar-refractivity contribution in [3.63, 3.8) is 0 Å². The fraction of sp³-hybridized carbons (Fsp3) is 0.385. The van der Waals surface area contributed by atoms with Gasteiger partial charge in [-0.05, 0) is 26.0 Å². The van der Waals surface area contributed by atoms with Crippen molar-refractivity contribution >= 4 is 0 Å². The van der Waals surface area contributed by atoms with E-state index in [-0.39, 0.29) is 6.04 Å². The van der Waals surface area contributed by atoms with Crippen molar-refractivity contribution in [2.75, 3.05) is 0 Å². The lowest BCUT2D eigenvalue weighted by Crippen LogP contribution is -2.36. The van der Waals surface area contributed by atoms with Crippen LogP contribution in [0.3, 0.4) is 0 Å². The van der Waals surface area contributed by atoms with Crippen molar-refractivity contribution in [3.05, 3.63) is 41.7 Å². The zero-order valence-corrected chi connectivity index (χ0v) is 10.1. The Kier molecular flexibility index (Phi) is 2.44. The van der Waals surface area contributed by atoms with Crippen LogP contribution in [0.5, 0.6) is 0 Å². The molecule has 0 bridgehead atoms. The zero-order valence-electron chi connectivity index (χ0n) is 10.1. The number of para-hydroxylation sites is 1. The largest absolute Gasteiger partial charge is 0.306 e. The summed E-state index contributed by atoms with van der Waals surface area (Å²) in [5.41, 5.74) is 3.39. The van der Waals surface area contributed by atoms with Crippen LogP contribution in [-0.4, -0.2) is 21.0 Å². The van der Waals surface area contributed by atoms with Crippen molar-refractivity contribution in [1.82, 2.24) is 20.3 Å². The van der Waals surface area contributed by atoms with Crippen LogP contribution in [0.25, 0.3) is 5.69 Å². The van der Waals surface area contributed by atoms with E-state index in [4.69, 9.17) is 0 Å². The average molecular weight is 228 g/mol. The molecule has 0 spiro atoms. The van der Waals surface area contributed by atoms with Gasteiger partial charge >= 0.3 is 0 Å². The number of hydrogen-bond donors (Lipinski definition) is 1. The maximum Gasteiger partial charge on any atom is 0.103 e. The molecule has 0 saturated heterocycles. The Balaban J connectivity index is 2.09. The fourth-order valence-electron chi connectivity index (χ4n) is 2.47. The molecule has 17 heavy (non-hydrogen) atoms. The summed E-state index contributed by atoms with van der Waals surface area (Å²) in [5, 5.41) is 12.1. The van der Waals surface area contributed by atoms with Crippen molar-refractivity contribution in [2.24, 2.45) is 0 Å². The monoisotopic (exact) mass is 228 g/mol. The van der Waals surface area contributed by atoms with Crippen molar-refractivity contribution in [2.45, 2.75) is 32.4 Å². The molecule has 2 atom stereocenters. The first-order chi connectivity index (χ1) is 8.25. The maximum atomic E-state index is 4.30. The Labute approximate surface area is 101 Å². The van der Waals surface area contributed by atoms with Gasteiger partial charge < -0.3 is 5.32 Å². The van der Waals surface area contributed by atoms with Gasteiger partial charge in [-0.15, -0.1) is 5.10 Å². The highest BCUT2D eigenvalue weighted by molar-refractivity contribution is 5.34. The lowest BCUT2D eigenvalue weighted by molar-refractivity contribution is 0.433. The van der Waals surface area contributed by atoms with Crippen LogP contribution in [0.4, 0.5) is 0 Å². The van der Waals surface area contributed by atoms with E-state index in [2.05, 4.69) is 41.6 Å². The molecular weight excluding hydrogens is 212 g/mol. The van der Waals surface area contributed by atoms with Gasteiger partial charge in [-0.2, -0.15) is 0 Å². The molecule has 4 heteroatoms. The van der Waals surface area contributed by atoms with Gasteiger partial charge in [-0.3, -0.25) is 0 Å². The molecule has 1 N–H and O–H groups in total. The van der Waals surface area contributed by atoms with E-state index >= 15 is 0 Å². The molecule has 88 valence electrons. The zero-order chi connectivity index (χ0) is 11.8. The first-order valence-electron chi connectivity index (χ1n) is 6.01. The van der Waals surface area contributed by atoms with Gasteiger partial charge in [0.1, 0.15) is 5.69 Å². The molecule has 4 nitrogen and oxygen atoms in total. The first kappa shape index (κ1) is 10.5. The quantitative estimate of drug-likeness (QED) is 0.810. The molecule has 0 aliphatic carbocycles. The molecule has 0 saturated carbocycles. The molecule has 1 aliphatic heterocycles. The Bertz CT molecular complexity index is 517. The Morgan fingerprint density at radius 1 is 1.24 bits per heavy atom. The highest BCUT2D eigenvalue weighted by atomic mass is 15.4. The highest BCUT2D eigenvalue weighted by Gasteiger charge is 2.26. The fourth-order valence-corrected chi connectivity index (χ4v) is 2.47. The third kappa shape index (κ3) is 1.74. The first-order valence-corrected chi connectivity index (χ1v) is 6.01.